The summed E-state index contributed by atoms with van der Waals surface area (Å²) in [6.45, 7) is 13.2. The van der Waals surface area contributed by atoms with Crippen molar-refractivity contribution in [2.45, 2.75) is 47.0 Å². The van der Waals surface area contributed by atoms with Gasteiger partial charge in [-0.25, -0.2) is 0 Å². The Bertz CT molecular complexity index is 2340. The first kappa shape index (κ1) is 33.5. The molecule has 0 amide bonds. The minimum Gasteiger partial charge on any atom is -0.501 e. The molecule has 0 aliphatic heterocycles. The third-order valence-corrected chi connectivity index (χ3v) is 9.58. The van der Waals surface area contributed by atoms with Crippen LogP contribution in [-0.4, -0.2) is 9.97 Å². The Morgan fingerprint density at radius 2 is 1.54 bits per heavy atom. The van der Waals surface area contributed by atoms with E-state index < -0.39 is 0 Å². The zero-order valence-corrected chi connectivity index (χ0v) is 31.1. The van der Waals surface area contributed by atoms with Crippen molar-refractivity contribution in [1.82, 2.24) is 9.97 Å². The van der Waals surface area contributed by atoms with Gasteiger partial charge in [-0.2, -0.15) is 0 Å². The standard InChI is InChI=1S/C31H26NOS.C12H10N.Ir/c1-18-8-6-9-19(2)27(18)23-17-32-25(16-24(23)31(3,4)5)21-10-7-11-22-28-26(33-29(21)22)13-12-20-14-15-34-30(20)28;1-10-7-8-12(13-9-10)11-5-3-2-4-6-11;/h6-9,11-17H,1-5H3;2-5,7-9H,1H3;/q2*-1;. The number of benzene rings is 4. The SMILES string of the molecule is Cc1ccc(-c2[c-]cccc2)nc1.Cc1cccc(C)c1-c1cnc(-c2[c-]ccc3c2oc2ccc4ccsc4c23)cc1C(C)(C)C.[Ir]. The van der Waals surface area contributed by atoms with Gasteiger partial charge in [0.1, 0.15) is 5.58 Å². The van der Waals surface area contributed by atoms with Crippen LogP contribution in [0.2, 0.25) is 0 Å². The molecular formula is C43H36IrN2OS-2. The first-order valence-corrected chi connectivity index (χ1v) is 16.8. The third kappa shape index (κ3) is 6.39. The van der Waals surface area contributed by atoms with Gasteiger partial charge in [0.2, 0.25) is 0 Å². The molecular weight excluding hydrogens is 785 g/mol. The summed E-state index contributed by atoms with van der Waals surface area (Å²) in [4.78, 5) is 9.28. The summed E-state index contributed by atoms with van der Waals surface area (Å²) in [6, 6.07) is 37.7. The molecule has 0 fully saturated rings. The third-order valence-electron chi connectivity index (χ3n) is 8.63. The van der Waals surface area contributed by atoms with Gasteiger partial charge in [-0.15, -0.1) is 65.4 Å². The molecule has 0 aliphatic carbocycles. The Kier molecular flexibility index (Phi) is 9.49. The number of hydrogen-bond acceptors (Lipinski definition) is 4. The monoisotopic (exact) mass is 821 g/mol. The van der Waals surface area contributed by atoms with Gasteiger partial charge in [-0.1, -0.05) is 68.1 Å². The maximum atomic E-state index is 6.43. The molecule has 1 radical (unpaired) electrons. The van der Waals surface area contributed by atoms with E-state index >= 15 is 0 Å². The van der Waals surface area contributed by atoms with E-state index in [0.717, 1.165) is 39.1 Å². The second kappa shape index (κ2) is 13.6. The normalized spacial score (nSPS) is 11.4. The Labute approximate surface area is 300 Å². The molecule has 0 N–H and O–H groups in total. The first-order chi connectivity index (χ1) is 22.7. The van der Waals surface area contributed by atoms with E-state index in [1.807, 2.05) is 55.7 Å². The molecule has 0 bridgehead atoms. The number of aryl methyl sites for hydroxylation is 3. The fourth-order valence-electron chi connectivity index (χ4n) is 6.27. The van der Waals surface area contributed by atoms with Crippen LogP contribution >= 0.6 is 11.3 Å². The molecule has 0 spiro atoms. The van der Waals surface area contributed by atoms with Gasteiger partial charge in [-0.05, 0) is 94.4 Å². The zero-order chi connectivity index (χ0) is 32.7. The zero-order valence-electron chi connectivity index (χ0n) is 27.9. The number of thiophene rings is 1. The molecule has 48 heavy (non-hydrogen) atoms. The van der Waals surface area contributed by atoms with Crippen molar-refractivity contribution >= 4 is 43.4 Å². The van der Waals surface area contributed by atoms with Crippen molar-refractivity contribution < 1.29 is 24.5 Å². The summed E-state index contributed by atoms with van der Waals surface area (Å²) in [6.07, 6.45) is 3.91. The molecule has 0 saturated carbocycles. The summed E-state index contributed by atoms with van der Waals surface area (Å²) < 4.78 is 7.70. The maximum absolute atomic E-state index is 6.43. The van der Waals surface area contributed by atoms with Crippen LogP contribution in [0.15, 0.2) is 113 Å². The van der Waals surface area contributed by atoms with Crippen LogP contribution in [0.5, 0.6) is 0 Å². The number of hydrogen-bond donors (Lipinski definition) is 0. The largest absolute Gasteiger partial charge is 0.501 e. The van der Waals surface area contributed by atoms with Crippen molar-refractivity contribution in [2.24, 2.45) is 0 Å². The number of nitrogens with zero attached hydrogens (tertiary/aromatic N) is 2. The first-order valence-electron chi connectivity index (χ1n) is 15.9. The minimum atomic E-state index is -0.0490. The molecule has 3 nitrogen and oxygen atoms in total. The van der Waals surface area contributed by atoms with Crippen LogP contribution in [0.4, 0.5) is 0 Å². The predicted octanol–water partition coefficient (Wildman–Crippen LogP) is 12.1. The van der Waals surface area contributed by atoms with E-state index in [1.165, 1.54) is 48.9 Å². The van der Waals surface area contributed by atoms with Gasteiger partial charge in [0, 0.05) is 48.1 Å². The fourth-order valence-corrected chi connectivity index (χ4v) is 7.22. The maximum Gasteiger partial charge on any atom is 0.122 e. The van der Waals surface area contributed by atoms with Gasteiger partial charge in [-0.3, -0.25) is 0 Å². The van der Waals surface area contributed by atoms with Crippen molar-refractivity contribution in [2.75, 3.05) is 0 Å². The van der Waals surface area contributed by atoms with Gasteiger partial charge in [0.05, 0.1) is 5.58 Å². The molecule has 0 unspecified atom stereocenters. The van der Waals surface area contributed by atoms with Gasteiger partial charge in [0.15, 0.2) is 0 Å². The van der Waals surface area contributed by atoms with E-state index in [4.69, 9.17) is 9.40 Å². The van der Waals surface area contributed by atoms with Crippen molar-refractivity contribution in [3.05, 3.63) is 143 Å². The molecule has 0 atom stereocenters. The summed E-state index contributed by atoms with van der Waals surface area (Å²) in [5.41, 5.74) is 13.0. The fraction of sp³-hybridized carbons (Fsp3) is 0.163. The van der Waals surface area contributed by atoms with E-state index in [-0.39, 0.29) is 25.5 Å². The van der Waals surface area contributed by atoms with Crippen molar-refractivity contribution in [1.29, 1.82) is 0 Å². The van der Waals surface area contributed by atoms with Crippen molar-refractivity contribution in [3.63, 3.8) is 0 Å². The topological polar surface area (TPSA) is 38.9 Å². The molecule has 5 heteroatoms. The van der Waals surface area contributed by atoms with Crippen LogP contribution in [0.1, 0.15) is 43.0 Å². The van der Waals surface area contributed by atoms with Gasteiger partial charge < -0.3 is 14.4 Å². The second-order valence-corrected chi connectivity index (χ2v) is 14.0. The Morgan fingerprint density at radius 3 is 2.25 bits per heavy atom. The molecule has 8 rings (SSSR count). The number of rotatable bonds is 3. The number of pyridine rings is 2. The summed E-state index contributed by atoms with van der Waals surface area (Å²) in [7, 11) is 0. The smallest absolute Gasteiger partial charge is 0.122 e. The van der Waals surface area contributed by atoms with Crippen molar-refractivity contribution in [3.8, 4) is 33.6 Å². The number of aromatic nitrogens is 2. The molecule has 0 aliphatic rings. The van der Waals surface area contributed by atoms with Crippen LogP contribution in [0, 0.1) is 32.9 Å². The molecule has 241 valence electrons. The summed E-state index contributed by atoms with van der Waals surface area (Å²) in [5, 5.41) is 5.69. The van der Waals surface area contributed by atoms with Crippen LogP contribution < -0.4 is 0 Å². The van der Waals surface area contributed by atoms with E-state index in [2.05, 4.69) is 112 Å². The van der Waals surface area contributed by atoms with Gasteiger partial charge in [0.25, 0.3) is 0 Å². The molecule has 8 aromatic rings. The minimum absolute atomic E-state index is 0. The average Bonchev–Trinajstić information content (AvgIpc) is 3.70. The predicted molar refractivity (Wildman–Crippen MR) is 198 cm³/mol. The second-order valence-electron chi connectivity index (χ2n) is 13.1. The molecule has 4 heterocycles. The molecule has 4 aromatic heterocycles. The van der Waals surface area contributed by atoms with E-state index in [9.17, 15) is 0 Å². The Hall–Kier alpha value is -4.41. The Morgan fingerprint density at radius 1 is 0.750 bits per heavy atom. The number of furan rings is 1. The summed E-state index contributed by atoms with van der Waals surface area (Å²) in [5.74, 6) is 0. The van der Waals surface area contributed by atoms with Crippen LogP contribution in [0.25, 0.3) is 65.7 Å². The van der Waals surface area contributed by atoms with Crippen LogP contribution in [-0.2, 0) is 25.5 Å². The van der Waals surface area contributed by atoms with Gasteiger partial charge >= 0.3 is 0 Å². The Balaban J connectivity index is 0.000000241. The average molecular weight is 821 g/mol. The molecule has 4 aromatic carbocycles. The van der Waals surface area contributed by atoms with E-state index in [1.54, 1.807) is 11.3 Å². The van der Waals surface area contributed by atoms with E-state index in [0.29, 0.717) is 0 Å². The number of fused-ring (bicyclic) bond motifs is 5. The molecule has 0 saturated heterocycles. The summed E-state index contributed by atoms with van der Waals surface area (Å²) >= 11 is 1.76. The van der Waals surface area contributed by atoms with Crippen LogP contribution in [0.3, 0.4) is 0 Å². The quantitative estimate of drug-likeness (QED) is 0.167.